The minimum absolute atomic E-state index is 0.159. The zero-order valence-electron chi connectivity index (χ0n) is 14.6. The van der Waals surface area contributed by atoms with E-state index in [-0.39, 0.29) is 21.3 Å². The molecule has 28 heavy (non-hydrogen) atoms. The van der Waals surface area contributed by atoms with Gasteiger partial charge in [-0.1, -0.05) is 59.1 Å². The zero-order valence-corrected chi connectivity index (χ0v) is 16.8. The Morgan fingerprint density at radius 1 is 1.11 bits per heavy atom. The summed E-state index contributed by atoms with van der Waals surface area (Å²) in [5, 5.41) is 17.3. The molecule has 5 nitrogen and oxygen atoms in total. The van der Waals surface area contributed by atoms with Crippen molar-refractivity contribution in [1.82, 2.24) is 9.78 Å². The molecule has 1 N–H and O–H groups in total. The van der Waals surface area contributed by atoms with E-state index in [2.05, 4.69) is 10.4 Å². The molecule has 0 fully saturated rings. The number of aromatic nitrogens is 2. The third-order valence-corrected chi connectivity index (χ3v) is 4.90. The van der Waals surface area contributed by atoms with E-state index in [0.29, 0.717) is 16.4 Å². The molecule has 2 aromatic carbocycles. The van der Waals surface area contributed by atoms with E-state index in [0.717, 1.165) is 5.69 Å². The first-order valence-corrected chi connectivity index (χ1v) is 9.23. The highest BCUT2D eigenvalue weighted by molar-refractivity contribution is 6.40. The van der Waals surface area contributed by atoms with Gasteiger partial charge in [-0.15, -0.1) is 0 Å². The van der Waals surface area contributed by atoms with Gasteiger partial charge in [0.15, 0.2) is 0 Å². The number of nitrogens with one attached hydrogen (secondary N) is 1. The van der Waals surface area contributed by atoms with Crippen LogP contribution >= 0.6 is 34.8 Å². The predicted octanol–water partition coefficient (Wildman–Crippen LogP) is 5.69. The lowest BCUT2D eigenvalue weighted by molar-refractivity contribution is -0.112. The van der Waals surface area contributed by atoms with Crippen molar-refractivity contribution in [1.29, 1.82) is 5.26 Å². The van der Waals surface area contributed by atoms with Crippen LogP contribution in [-0.2, 0) is 4.79 Å². The molecule has 3 rings (SSSR count). The Morgan fingerprint density at radius 2 is 1.75 bits per heavy atom. The fourth-order valence-corrected chi connectivity index (χ4v) is 3.33. The standard InChI is InChI=1S/C20H13Cl3N4O/c1-12-15(19(23)27(26-12)14-6-3-2-4-7-14)10-13(11-24)20(28)25-18-16(21)8-5-9-17(18)22/h2-10H,1H3,(H,25,28)/b13-10+. The summed E-state index contributed by atoms with van der Waals surface area (Å²) in [5.41, 5.74) is 1.89. The van der Waals surface area contributed by atoms with Crippen molar-refractivity contribution in [3.63, 3.8) is 0 Å². The van der Waals surface area contributed by atoms with E-state index in [1.807, 2.05) is 36.4 Å². The lowest BCUT2D eigenvalue weighted by Gasteiger charge is -2.08. The van der Waals surface area contributed by atoms with Gasteiger partial charge in [-0.25, -0.2) is 4.68 Å². The average molecular weight is 432 g/mol. The number of rotatable bonds is 4. The summed E-state index contributed by atoms with van der Waals surface area (Å²) in [4.78, 5) is 12.6. The van der Waals surface area contributed by atoms with Crippen LogP contribution in [0, 0.1) is 18.3 Å². The minimum atomic E-state index is -0.652. The highest BCUT2D eigenvalue weighted by atomic mass is 35.5. The monoisotopic (exact) mass is 430 g/mol. The Kier molecular flexibility index (Phi) is 6.05. The molecule has 0 bridgehead atoms. The quantitative estimate of drug-likeness (QED) is 0.426. The highest BCUT2D eigenvalue weighted by Crippen LogP contribution is 2.31. The Bertz CT molecular complexity index is 1090. The first kappa shape index (κ1) is 20.0. The van der Waals surface area contributed by atoms with Gasteiger partial charge in [-0.3, -0.25) is 4.79 Å². The fraction of sp³-hybridized carbons (Fsp3) is 0.0500. The summed E-state index contributed by atoms with van der Waals surface area (Å²) < 4.78 is 1.54. The molecule has 0 saturated carbocycles. The highest BCUT2D eigenvalue weighted by Gasteiger charge is 2.18. The maximum Gasteiger partial charge on any atom is 0.266 e. The number of nitriles is 1. The number of hydrogen-bond donors (Lipinski definition) is 1. The van der Waals surface area contributed by atoms with Crippen molar-refractivity contribution >= 4 is 52.5 Å². The lowest BCUT2D eigenvalue weighted by atomic mass is 10.1. The van der Waals surface area contributed by atoms with Crippen LogP contribution in [0.3, 0.4) is 0 Å². The summed E-state index contributed by atoms with van der Waals surface area (Å²) in [6.07, 6.45) is 1.39. The largest absolute Gasteiger partial charge is 0.319 e. The number of benzene rings is 2. The first-order valence-electron chi connectivity index (χ1n) is 8.10. The van der Waals surface area contributed by atoms with Crippen molar-refractivity contribution in [3.8, 4) is 11.8 Å². The summed E-state index contributed by atoms with van der Waals surface area (Å²) in [6, 6.07) is 16.0. The third kappa shape index (κ3) is 4.05. The maximum atomic E-state index is 12.6. The predicted molar refractivity (Wildman–Crippen MR) is 112 cm³/mol. The number of carbonyl (C=O) groups is 1. The number of hydrogen-bond acceptors (Lipinski definition) is 3. The van der Waals surface area contributed by atoms with Crippen LogP contribution < -0.4 is 5.32 Å². The number of para-hydroxylation sites is 2. The van der Waals surface area contributed by atoms with E-state index in [1.54, 1.807) is 29.8 Å². The van der Waals surface area contributed by atoms with Crippen molar-refractivity contribution in [2.24, 2.45) is 0 Å². The van der Waals surface area contributed by atoms with Crippen LogP contribution in [0.1, 0.15) is 11.3 Å². The van der Waals surface area contributed by atoms with Crippen LogP contribution in [0.25, 0.3) is 11.8 Å². The van der Waals surface area contributed by atoms with Gasteiger partial charge in [-0.2, -0.15) is 10.4 Å². The molecule has 0 aliphatic carbocycles. The lowest BCUT2D eigenvalue weighted by Crippen LogP contribution is -2.14. The first-order chi connectivity index (χ1) is 13.4. The van der Waals surface area contributed by atoms with E-state index in [9.17, 15) is 10.1 Å². The molecule has 0 atom stereocenters. The SMILES string of the molecule is Cc1nn(-c2ccccc2)c(Cl)c1/C=C(\C#N)C(=O)Nc1c(Cl)cccc1Cl. The Morgan fingerprint density at radius 3 is 2.36 bits per heavy atom. The van der Waals surface area contributed by atoms with Gasteiger partial charge in [0.05, 0.1) is 27.1 Å². The van der Waals surface area contributed by atoms with E-state index < -0.39 is 5.91 Å². The van der Waals surface area contributed by atoms with Gasteiger partial charge in [0.2, 0.25) is 0 Å². The summed E-state index contributed by atoms with van der Waals surface area (Å²) in [5.74, 6) is -0.652. The summed E-state index contributed by atoms with van der Waals surface area (Å²) >= 11 is 18.6. The molecule has 8 heteroatoms. The van der Waals surface area contributed by atoms with Gasteiger partial charge in [0.25, 0.3) is 5.91 Å². The summed E-state index contributed by atoms with van der Waals surface area (Å²) in [6.45, 7) is 1.75. The molecule has 0 saturated heterocycles. The summed E-state index contributed by atoms with van der Waals surface area (Å²) in [7, 11) is 0. The van der Waals surface area contributed by atoms with E-state index in [1.165, 1.54) is 6.08 Å². The van der Waals surface area contributed by atoms with Crippen molar-refractivity contribution < 1.29 is 4.79 Å². The van der Waals surface area contributed by atoms with Gasteiger partial charge >= 0.3 is 0 Å². The molecule has 0 aliphatic rings. The Hall–Kier alpha value is -2.78. The number of anilines is 1. The second kappa shape index (κ2) is 8.49. The van der Waals surface area contributed by atoms with Gasteiger partial charge in [-0.05, 0) is 37.3 Å². The molecular weight excluding hydrogens is 419 g/mol. The van der Waals surface area contributed by atoms with Crippen molar-refractivity contribution in [3.05, 3.63) is 80.6 Å². The normalized spacial score (nSPS) is 11.2. The van der Waals surface area contributed by atoms with Crippen LogP contribution in [0.5, 0.6) is 0 Å². The molecule has 3 aromatic rings. The smallest absolute Gasteiger partial charge is 0.266 e. The van der Waals surface area contributed by atoms with Gasteiger partial charge in [0, 0.05) is 5.56 Å². The minimum Gasteiger partial charge on any atom is -0.319 e. The molecule has 1 aromatic heterocycles. The number of carbonyl (C=O) groups excluding carboxylic acids is 1. The van der Waals surface area contributed by atoms with Gasteiger partial charge < -0.3 is 5.32 Å². The van der Waals surface area contributed by atoms with Crippen molar-refractivity contribution in [2.75, 3.05) is 5.32 Å². The maximum absolute atomic E-state index is 12.6. The molecule has 1 amide bonds. The Labute approximate surface area is 176 Å². The van der Waals surface area contributed by atoms with Crippen LogP contribution in [-0.4, -0.2) is 15.7 Å². The van der Waals surface area contributed by atoms with E-state index in [4.69, 9.17) is 34.8 Å². The molecule has 140 valence electrons. The molecule has 1 heterocycles. The molecule has 0 aliphatic heterocycles. The molecule has 0 spiro atoms. The third-order valence-electron chi connectivity index (χ3n) is 3.90. The van der Waals surface area contributed by atoms with Gasteiger partial charge in [0.1, 0.15) is 16.8 Å². The second-order valence-corrected chi connectivity index (χ2v) is 6.93. The van der Waals surface area contributed by atoms with Crippen molar-refractivity contribution in [2.45, 2.75) is 6.92 Å². The Balaban J connectivity index is 1.96. The number of halogens is 3. The molecule has 0 radical (unpaired) electrons. The molecule has 0 unspecified atom stereocenters. The number of aryl methyl sites for hydroxylation is 1. The van der Waals surface area contributed by atoms with Crippen LogP contribution in [0.4, 0.5) is 5.69 Å². The van der Waals surface area contributed by atoms with Crippen LogP contribution in [0.15, 0.2) is 54.1 Å². The topological polar surface area (TPSA) is 70.7 Å². The second-order valence-electron chi connectivity index (χ2n) is 5.76. The average Bonchev–Trinajstić information content (AvgIpc) is 2.97. The zero-order chi connectivity index (χ0) is 20.3. The fourth-order valence-electron chi connectivity index (χ4n) is 2.51. The number of amides is 1. The van der Waals surface area contributed by atoms with Crippen LogP contribution in [0.2, 0.25) is 15.2 Å². The number of nitrogens with zero attached hydrogens (tertiary/aromatic N) is 3. The molecular formula is C20H13Cl3N4O. The van der Waals surface area contributed by atoms with E-state index >= 15 is 0 Å².